The molecule has 1 aromatic carbocycles. The van der Waals surface area contributed by atoms with Crippen LogP contribution < -0.4 is 15.5 Å². The van der Waals surface area contributed by atoms with Gasteiger partial charge in [-0.05, 0) is 37.3 Å². The Kier molecular flexibility index (Phi) is 7.14. The Morgan fingerprint density at radius 1 is 1.58 bits per heavy atom. The fourth-order valence-electron chi connectivity index (χ4n) is 1.27. The molecular weight excluding hydrogens is 326 g/mol. The first-order chi connectivity index (χ1) is 9.17. The first-order valence-electron chi connectivity index (χ1n) is 5.77. The molecule has 0 bridgehead atoms. The zero-order chi connectivity index (χ0) is 14.1. The Balaban J connectivity index is 2.66. The normalized spacial score (nSPS) is 10.2. The zero-order valence-corrected chi connectivity index (χ0v) is 13.1. The maximum absolute atomic E-state index is 5.51. The van der Waals surface area contributed by atoms with E-state index in [1.54, 1.807) is 12.3 Å². The molecule has 6 heteroatoms. The molecule has 0 amide bonds. The van der Waals surface area contributed by atoms with Gasteiger partial charge in [-0.2, -0.15) is 5.10 Å². The molecule has 0 spiro atoms. The van der Waals surface area contributed by atoms with E-state index in [0.29, 0.717) is 18.3 Å². The highest BCUT2D eigenvalue weighted by Gasteiger charge is 2.01. The van der Waals surface area contributed by atoms with Gasteiger partial charge in [0.15, 0.2) is 5.11 Å². The Labute approximate surface area is 127 Å². The van der Waals surface area contributed by atoms with Crippen molar-refractivity contribution in [2.45, 2.75) is 6.92 Å². The molecule has 19 heavy (non-hydrogen) atoms. The summed E-state index contributed by atoms with van der Waals surface area (Å²) in [6.07, 6.45) is 3.39. The number of hydrogen-bond acceptors (Lipinski definition) is 3. The summed E-state index contributed by atoms with van der Waals surface area (Å²) >= 11 is 8.44. The van der Waals surface area contributed by atoms with Crippen molar-refractivity contribution < 1.29 is 4.74 Å². The second-order valence-electron chi connectivity index (χ2n) is 3.48. The van der Waals surface area contributed by atoms with Crippen LogP contribution in [0.15, 0.2) is 40.4 Å². The second kappa shape index (κ2) is 8.66. The molecule has 0 aliphatic heterocycles. The minimum absolute atomic E-state index is 0.448. The van der Waals surface area contributed by atoms with Gasteiger partial charge < -0.3 is 10.1 Å². The summed E-state index contributed by atoms with van der Waals surface area (Å²) in [7, 11) is 0. The van der Waals surface area contributed by atoms with Gasteiger partial charge in [0.05, 0.1) is 12.8 Å². The number of hydrazone groups is 1. The van der Waals surface area contributed by atoms with Crippen molar-refractivity contribution in [2.24, 2.45) is 5.10 Å². The van der Waals surface area contributed by atoms with Crippen LogP contribution in [-0.2, 0) is 0 Å². The van der Waals surface area contributed by atoms with Crippen LogP contribution in [0.2, 0.25) is 0 Å². The molecule has 0 saturated heterocycles. The smallest absolute Gasteiger partial charge is 0.187 e. The first kappa shape index (κ1) is 15.7. The third kappa shape index (κ3) is 5.85. The predicted molar refractivity (Wildman–Crippen MR) is 86.8 cm³/mol. The Hall–Kier alpha value is -1.40. The van der Waals surface area contributed by atoms with E-state index in [2.05, 4.69) is 38.4 Å². The van der Waals surface area contributed by atoms with Gasteiger partial charge in [0.2, 0.25) is 0 Å². The number of ether oxygens (including phenoxy) is 1. The average molecular weight is 342 g/mol. The molecule has 0 atom stereocenters. The fraction of sp³-hybridized carbons (Fsp3) is 0.231. The summed E-state index contributed by atoms with van der Waals surface area (Å²) in [5.74, 6) is 0.779. The number of thiocarbonyl (C=S) groups is 1. The number of rotatable bonds is 6. The van der Waals surface area contributed by atoms with E-state index < -0.39 is 0 Å². The van der Waals surface area contributed by atoms with Crippen LogP contribution in [-0.4, -0.2) is 24.5 Å². The van der Waals surface area contributed by atoms with Crippen molar-refractivity contribution in [1.82, 2.24) is 10.7 Å². The molecular formula is C13H16BrN3OS. The lowest BCUT2D eigenvalue weighted by Gasteiger charge is -2.07. The van der Waals surface area contributed by atoms with Crippen LogP contribution in [0.3, 0.4) is 0 Å². The Morgan fingerprint density at radius 2 is 2.37 bits per heavy atom. The molecule has 0 aromatic heterocycles. The van der Waals surface area contributed by atoms with Gasteiger partial charge >= 0.3 is 0 Å². The predicted octanol–water partition coefficient (Wildman–Crippen LogP) is 2.83. The third-order valence-corrected chi connectivity index (χ3v) is 2.78. The number of nitrogens with one attached hydrogen (secondary N) is 2. The molecule has 0 heterocycles. The van der Waals surface area contributed by atoms with E-state index in [1.165, 1.54) is 0 Å². The first-order valence-corrected chi connectivity index (χ1v) is 6.97. The van der Waals surface area contributed by atoms with Crippen LogP contribution in [0.5, 0.6) is 5.75 Å². The lowest BCUT2D eigenvalue weighted by Crippen LogP contribution is -2.31. The molecule has 0 saturated carbocycles. The number of nitrogens with zero attached hydrogens (tertiary/aromatic N) is 1. The van der Waals surface area contributed by atoms with Crippen molar-refractivity contribution in [3.05, 3.63) is 40.9 Å². The van der Waals surface area contributed by atoms with Crippen LogP contribution in [0.1, 0.15) is 12.5 Å². The molecule has 0 fully saturated rings. The van der Waals surface area contributed by atoms with Crippen molar-refractivity contribution in [3.8, 4) is 5.75 Å². The second-order valence-corrected chi connectivity index (χ2v) is 4.81. The van der Waals surface area contributed by atoms with Crippen molar-refractivity contribution in [1.29, 1.82) is 0 Å². The van der Waals surface area contributed by atoms with E-state index in [9.17, 15) is 0 Å². The van der Waals surface area contributed by atoms with Gasteiger partial charge in [0.1, 0.15) is 5.75 Å². The molecule has 102 valence electrons. The minimum atomic E-state index is 0.448. The summed E-state index contributed by atoms with van der Waals surface area (Å²) in [6.45, 7) is 6.74. The zero-order valence-electron chi connectivity index (χ0n) is 10.6. The Bertz CT molecular complexity index is 477. The lowest BCUT2D eigenvalue weighted by atomic mass is 10.2. The van der Waals surface area contributed by atoms with Crippen molar-refractivity contribution >= 4 is 39.5 Å². The fourth-order valence-corrected chi connectivity index (χ4v) is 1.79. The lowest BCUT2D eigenvalue weighted by molar-refractivity contribution is 0.339. The maximum Gasteiger partial charge on any atom is 0.187 e. The number of halogens is 1. The van der Waals surface area contributed by atoms with Crippen LogP contribution in [0, 0.1) is 0 Å². The highest BCUT2D eigenvalue weighted by molar-refractivity contribution is 9.10. The highest BCUT2D eigenvalue weighted by Crippen LogP contribution is 2.21. The molecule has 0 aliphatic carbocycles. The summed E-state index contributed by atoms with van der Waals surface area (Å²) < 4.78 is 6.48. The van der Waals surface area contributed by atoms with Crippen molar-refractivity contribution in [2.75, 3.05) is 13.2 Å². The molecule has 1 aromatic rings. The van der Waals surface area contributed by atoms with Crippen LogP contribution >= 0.6 is 28.1 Å². The topological polar surface area (TPSA) is 45.7 Å². The van der Waals surface area contributed by atoms with Gasteiger partial charge in [-0.25, -0.2) is 0 Å². The molecule has 0 radical (unpaired) electrons. The van der Waals surface area contributed by atoms with E-state index in [0.717, 1.165) is 15.8 Å². The molecule has 2 N–H and O–H groups in total. The van der Waals surface area contributed by atoms with Gasteiger partial charge in [-0.3, -0.25) is 5.43 Å². The number of benzene rings is 1. The molecule has 1 rings (SSSR count). The summed E-state index contributed by atoms with van der Waals surface area (Å²) in [4.78, 5) is 0. The Morgan fingerprint density at radius 3 is 3.05 bits per heavy atom. The molecule has 0 unspecified atom stereocenters. The number of hydrogen-bond donors (Lipinski definition) is 2. The van der Waals surface area contributed by atoms with E-state index in [-0.39, 0.29) is 0 Å². The summed E-state index contributed by atoms with van der Waals surface area (Å²) in [5, 5.41) is 7.43. The largest absolute Gasteiger partial charge is 0.493 e. The van der Waals surface area contributed by atoms with Crippen LogP contribution in [0.25, 0.3) is 0 Å². The minimum Gasteiger partial charge on any atom is -0.493 e. The van der Waals surface area contributed by atoms with Crippen molar-refractivity contribution in [3.63, 3.8) is 0 Å². The monoisotopic (exact) mass is 341 g/mol. The molecule has 4 nitrogen and oxygen atoms in total. The summed E-state index contributed by atoms with van der Waals surface area (Å²) in [5.41, 5.74) is 3.60. The van der Waals surface area contributed by atoms with Gasteiger partial charge in [0.25, 0.3) is 0 Å². The van der Waals surface area contributed by atoms with Gasteiger partial charge in [0, 0.05) is 16.6 Å². The van der Waals surface area contributed by atoms with E-state index in [4.69, 9.17) is 17.0 Å². The standard InChI is InChI=1S/C13H16BrN3OS/c1-3-7-15-13(19)17-16-9-10-8-11(14)5-6-12(10)18-4-2/h3,5-6,8-9H,1,4,7H2,2H3,(H2,15,17,19)/b16-9+. The maximum atomic E-state index is 5.51. The van der Waals surface area contributed by atoms with E-state index in [1.807, 2.05) is 25.1 Å². The van der Waals surface area contributed by atoms with Gasteiger partial charge in [-0.1, -0.05) is 22.0 Å². The SMILES string of the molecule is C=CCNC(=S)N/N=C/c1cc(Br)ccc1OCC. The molecule has 0 aliphatic rings. The average Bonchev–Trinajstić information content (AvgIpc) is 2.39. The summed E-state index contributed by atoms with van der Waals surface area (Å²) in [6, 6.07) is 5.74. The highest BCUT2D eigenvalue weighted by atomic mass is 79.9. The van der Waals surface area contributed by atoms with Gasteiger partial charge in [-0.15, -0.1) is 6.58 Å². The third-order valence-electron chi connectivity index (χ3n) is 2.05. The van der Waals surface area contributed by atoms with Crippen LogP contribution in [0.4, 0.5) is 0 Å². The van der Waals surface area contributed by atoms with E-state index >= 15 is 0 Å². The quantitative estimate of drug-likeness (QED) is 0.361.